The van der Waals surface area contributed by atoms with Gasteiger partial charge in [-0.2, -0.15) is 5.10 Å². The SMILES string of the molecule is CCCCC(C)=Nn1c(-c2cccc(Br)c2)csc1=Nc1c(C)n(C)n(-c2ccccc2)c1=O. The van der Waals surface area contributed by atoms with Crippen LogP contribution in [0.25, 0.3) is 16.9 Å². The second kappa shape index (κ2) is 10.5. The van der Waals surface area contributed by atoms with Crippen LogP contribution in [-0.2, 0) is 7.05 Å². The van der Waals surface area contributed by atoms with E-state index in [2.05, 4.69) is 35.0 Å². The summed E-state index contributed by atoms with van der Waals surface area (Å²) in [5.74, 6) is 0. The molecule has 0 fully saturated rings. The maximum absolute atomic E-state index is 13.4. The van der Waals surface area contributed by atoms with E-state index in [1.165, 1.54) is 11.3 Å². The summed E-state index contributed by atoms with van der Waals surface area (Å²) in [6.07, 6.45) is 3.11. The van der Waals surface area contributed by atoms with Gasteiger partial charge in [-0.15, -0.1) is 11.3 Å². The molecule has 0 saturated heterocycles. The number of hydrogen-bond acceptors (Lipinski definition) is 4. The molecular formula is C26H28BrN5OS. The predicted octanol–water partition coefficient (Wildman–Crippen LogP) is 6.42. The third-order valence-electron chi connectivity index (χ3n) is 5.70. The van der Waals surface area contributed by atoms with E-state index < -0.39 is 0 Å². The first-order valence-corrected chi connectivity index (χ1v) is 13.0. The molecule has 4 rings (SSSR count). The van der Waals surface area contributed by atoms with Gasteiger partial charge in [-0.05, 0) is 51.0 Å². The number of benzene rings is 2. The minimum atomic E-state index is -0.151. The van der Waals surface area contributed by atoms with Crippen molar-refractivity contribution in [3.63, 3.8) is 0 Å². The Morgan fingerprint density at radius 1 is 1.12 bits per heavy atom. The molecule has 0 saturated carbocycles. The smallest absolute Gasteiger partial charge is 0.283 e. The molecule has 2 aromatic carbocycles. The van der Waals surface area contributed by atoms with Gasteiger partial charge in [0.2, 0.25) is 4.80 Å². The number of hydrogen-bond donors (Lipinski definition) is 0. The van der Waals surface area contributed by atoms with Crippen molar-refractivity contribution in [3.05, 3.63) is 85.3 Å². The van der Waals surface area contributed by atoms with Crippen molar-refractivity contribution in [1.82, 2.24) is 14.0 Å². The molecule has 34 heavy (non-hydrogen) atoms. The van der Waals surface area contributed by atoms with Crippen LogP contribution in [0.4, 0.5) is 5.69 Å². The third kappa shape index (κ3) is 4.93. The van der Waals surface area contributed by atoms with Crippen molar-refractivity contribution in [2.45, 2.75) is 40.0 Å². The summed E-state index contributed by atoms with van der Waals surface area (Å²) in [6, 6.07) is 17.7. The van der Waals surface area contributed by atoms with Crippen LogP contribution in [0.15, 0.2) is 79.3 Å². The van der Waals surface area contributed by atoms with Crippen LogP contribution < -0.4 is 10.4 Å². The normalized spacial score (nSPS) is 12.5. The molecular weight excluding hydrogens is 510 g/mol. The number of unbranched alkanes of at least 4 members (excludes halogenated alkanes) is 1. The number of para-hydroxylation sites is 1. The minimum absolute atomic E-state index is 0.151. The van der Waals surface area contributed by atoms with Crippen molar-refractivity contribution in [1.29, 1.82) is 0 Å². The van der Waals surface area contributed by atoms with Crippen molar-refractivity contribution in [3.8, 4) is 16.9 Å². The highest BCUT2D eigenvalue weighted by atomic mass is 79.9. The Bertz CT molecular complexity index is 1460. The Kier molecular flexibility index (Phi) is 7.48. The van der Waals surface area contributed by atoms with E-state index in [9.17, 15) is 4.79 Å². The molecule has 0 unspecified atom stereocenters. The van der Waals surface area contributed by atoms with Crippen LogP contribution in [0.3, 0.4) is 0 Å². The summed E-state index contributed by atoms with van der Waals surface area (Å²) >= 11 is 5.05. The first kappa shape index (κ1) is 24.2. The lowest BCUT2D eigenvalue weighted by atomic mass is 10.2. The quantitative estimate of drug-likeness (QED) is 0.251. The summed E-state index contributed by atoms with van der Waals surface area (Å²) in [5.41, 5.74) is 4.88. The van der Waals surface area contributed by atoms with E-state index in [0.717, 1.165) is 52.1 Å². The maximum atomic E-state index is 13.4. The lowest BCUT2D eigenvalue weighted by Gasteiger charge is -2.07. The van der Waals surface area contributed by atoms with Crippen LogP contribution in [0.1, 0.15) is 38.8 Å². The fourth-order valence-electron chi connectivity index (χ4n) is 3.75. The van der Waals surface area contributed by atoms with Crippen molar-refractivity contribution < 1.29 is 0 Å². The first-order chi connectivity index (χ1) is 16.4. The Balaban J connectivity index is 1.92. The molecule has 176 valence electrons. The molecule has 2 aromatic heterocycles. The number of halogens is 1. The number of rotatable bonds is 7. The van der Waals surface area contributed by atoms with Gasteiger partial charge in [-0.1, -0.05) is 59.6 Å². The van der Waals surface area contributed by atoms with E-state index in [4.69, 9.17) is 10.1 Å². The molecule has 0 aliphatic heterocycles. The third-order valence-corrected chi connectivity index (χ3v) is 7.01. The Morgan fingerprint density at radius 3 is 2.59 bits per heavy atom. The molecule has 0 aliphatic carbocycles. The lowest BCUT2D eigenvalue weighted by molar-refractivity contribution is 0.630. The van der Waals surface area contributed by atoms with E-state index in [1.807, 2.05) is 78.1 Å². The van der Waals surface area contributed by atoms with Gasteiger partial charge in [-0.25, -0.2) is 14.4 Å². The maximum Gasteiger partial charge on any atom is 0.297 e. The monoisotopic (exact) mass is 537 g/mol. The predicted molar refractivity (Wildman–Crippen MR) is 144 cm³/mol. The van der Waals surface area contributed by atoms with Crippen molar-refractivity contribution >= 4 is 38.7 Å². The highest BCUT2D eigenvalue weighted by molar-refractivity contribution is 9.10. The van der Waals surface area contributed by atoms with E-state index in [-0.39, 0.29) is 5.56 Å². The van der Waals surface area contributed by atoms with Crippen LogP contribution in [0.2, 0.25) is 0 Å². The van der Waals surface area contributed by atoms with Gasteiger partial charge in [0.1, 0.15) is 0 Å². The highest BCUT2D eigenvalue weighted by Crippen LogP contribution is 2.24. The summed E-state index contributed by atoms with van der Waals surface area (Å²) in [7, 11) is 1.88. The van der Waals surface area contributed by atoms with E-state index in [0.29, 0.717) is 10.5 Å². The van der Waals surface area contributed by atoms with Crippen molar-refractivity contribution in [2.24, 2.45) is 17.1 Å². The van der Waals surface area contributed by atoms with Gasteiger partial charge >= 0.3 is 0 Å². The second-order valence-corrected chi connectivity index (χ2v) is 9.94. The molecule has 8 heteroatoms. The van der Waals surface area contributed by atoms with E-state index in [1.54, 1.807) is 4.68 Å². The largest absolute Gasteiger partial charge is 0.297 e. The summed E-state index contributed by atoms with van der Waals surface area (Å²) in [5, 5.41) is 6.97. The van der Waals surface area contributed by atoms with Gasteiger partial charge in [-0.3, -0.25) is 9.48 Å². The molecule has 6 nitrogen and oxygen atoms in total. The molecule has 0 radical (unpaired) electrons. The molecule has 4 aromatic rings. The van der Waals surface area contributed by atoms with Crippen LogP contribution in [0, 0.1) is 6.92 Å². The number of nitrogens with zero attached hydrogens (tertiary/aromatic N) is 5. The summed E-state index contributed by atoms with van der Waals surface area (Å²) < 4.78 is 6.37. The highest BCUT2D eigenvalue weighted by Gasteiger charge is 2.17. The molecule has 0 atom stereocenters. The van der Waals surface area contributed by atoms with Crippen molar-refractivity contribution in [2.75, 3.05) is 0 Å². The van der Waals surface area contributed by atoms with Gasteiger partial charge in [0.05, 0.1) is 17.1 Å². The summed E-state index contributed by atoms with van der Waals surface area (Å²) in [6.45, 7) is 6.14. The molecule has 0 amide bonds. The summed E-state index contributed by atoms with van der Waals surface area (Å²) in [4.78, 5) is 18.9. The fourth-order valence-corrected chi connectivity index (χ4v) is 4.99. The first-order valence-electron chi connectivity index (χ1n) is 11.3. The van der Waals surface area contributed by atoms with Crippen LogP contribution >= 0.6 is 27.3 Å². The number of thiazole rings is 1. The van der Waals surface area contributed by atoms with Crippen LogP contribution in [0.5, 0.6) is 0 Å². The minimum Gasteiger partial charge on any atom is -0.283 e. The zero-order chi connectivity index (χ0) is 24.2. The van der Waals surface area contributed by atoms with Gasteiger partial charge in [0, 0.05) is 28.2 Å². The Labute approximate surface area is 211 Å². The standard InChI is InChI=1S/C26H28BrN5OS/c1-5-6-11-18(2)29-31-23(20-12-10-13-21(27)16-20)17-34-26(31)28-24-19(3)30(4)32(25(24)33)22-14-8-7-9-15-22/h7-10,12-17H,5-6,11H2,1-4H3. The molecule has 0 bridgehead atoms. The Morgan fingerprint density at radius 2 is 1.88 bits per heavy atom. The molecule has 0 spiro atoms. The molecule has 0 aliphatic rings. The number of aromatic nitrogens is 3. The van der Waals surface area contributed by atoms with Crippen LogP contribution in [-0.4, -0.2) is 19.8 Å². The van der Waals surface area contributed by atoms with Gasteiger partial charge < -0.3 is 0 Å². The average molecular weight is 539 g/mol. The lowest BCUT2D eigenvalue weighted by Crippen LogP contribution is -2.20. The second-order valence-electron chi connectivity index (χ2n) is 8.19. The molecule has 2 heterocycles. The fraction of sp³-hybridized carbons (Fsp3) is 0.269. The topological polar surface area (TPSA) is 56.6 Å². The van der Waals surface area contributed by atoms with Gasteiger partial charge in [0.15, 0.2) is 5.69 Å². The van der Waals surface area contributed by atoms with Gasteiger partial charge in [0.25, 0.3) is 5.56 Å². The average Bonchev–Trinajstić information content (AvgIpc) is 3.32. The zero-order valence-electron chi connectivity index (χ0n) is 19.8. The molecule has 0 N–H and O–H groups in total. The Hall–Kier alpha value is -2.97. The zero-order valence-corrected chi connectivity index (χ0v) is 22.2. The van der Waals surface area contributed by atoms with E-state index >= 15 is 0 Å².